The number of hydrogen-bond acceptors (Lipinski definition) is 9. The molecule has 4 aromatic rings. The van der Waals surface area contributed by atoms with E-state index >= 15 is 0 Å². The van der Waals surface area contributed by atoms with Gasteiger partial charge in [0, 0.05) is 40.0 Å². The van der Waals surface area contributed by atoms with Gasteiger partial charge in [-0.05, 0) is 43.2 Å². The number of alkyl halides is 6. The fraction of sp³-hybridized carbons (Fsp3) is 0.235. The van der Waals surface area contributed by atoms with Gasteiger partial charge in [0.2, 0.25) is 5.91 Å². The first-order valence-electron chi connectivity index (χ1n) is 15.3. The average Bonchev–Trinajstić information content (AvgIpc) is 3.09. The van der Waals surface area contributed by atoms with E-state index in [1.54, 1.807) is 48.2 Å². The van der Waals surface area contributed by atoms with Crippen LogP contribution < -0.4 is 27.7 Å². The van der Waals surface area contributed by atoms with Crippen LogP contribution in [0.5, 0.6) is 0 Å². The Morgan fingerprint density at radius 3 is 2.07 bits per heavy atom. The van der Waals surface area contributed by atoms with E-state index in [1.165, 1.54) is 4.57 Å². The van der Waals surface area contributed by atoms with Gasteiger partial charge < -0.3 is 32.3 Å². The summed E-state index contributed by atoms with van der Waals surface area (Å²) in [7, 11) is 0. The van der Waals surface area contributed by atoms with E-state index in [-0.39, 0.29) is 48.3 Å². The Morgan fingerprint density at radius 1 is 1.04 bits per heavy atom. The number of nitrogens with two attached hydrogens (primary N) is 2. The van der Waals surface area contributed by atoms with Gasteiger partial charge in [0.05, 0.1) is 5.69 Å². The molecule has 298 valence electrons. The molecule has 0 spiro atoms. The maximum atomic E-state index is 13.7. The second-order valence-corrected chi connectivity index (χ2v) is 12.2. The normalized spacial score (nSPS) is 10.5. The van der Waals surface area contributed by atoms with E-state index in [4.69, 9.17) is 48.3 Å². The molecule has 0 saturated carbocycles. The number of nitrogen functional groups attached to an aromatic ring is 2. The SMILES string of the molecule is CC(C)Nc1nc(Cl)c(-c2cc(N)ccc2SCc2ccccc2)n(CC(=O)NCc2ccc(C(=N)N)cc2)c1=O.FC(F)F.O=C(O)C(F)(F)F.O=CO. The predicted molar refractivity (Wildman–Crippen MR) is 197 cm³/mol. The van der Waals surface area contributed by atoms with E-state index in [9.17, 15) is 35.9 Å². The van der Waals surface area contributed by atoms with Crippen LogP contribution in [-0.4, -0.2) is 62.8 Å². The summed E-state index contributed by atoms with van der Waals surface area (Å²) in [6.07, 6.45) is -5.08. The van der Waals surface area contributed by atoms with Crippen molar-refractivity contribution in [3.63, 3.8) is 0 Å². The van der Waals surface area contributed by atoms with Crippen molar-refractivity contribution in [2.24, 2.45) is 5.73 Å². The number of nitrogens with one attached hydrogen (secondary N) is 3. The smallest absolute Gasteiger partial charge is 0.483 e. The number of aliphatic carboxylic acids is 1. The van der Waals surface area contributed by atoms with Gasteiger partial charge in [0.25, 0.3) is 12.0 Å². The molecule has 3 aromatic carbocycles. The predicted octanol–water partition coefficient (Wildman–Crippen LogP) is 6.37. The van der Waals surface area contributed by atoms with Gasteiger partial charge in [-0.2, -0.15) is 26.3 Å². The Kier molecular flexibility index (Phi) is 19.9. The first-order chi connectivity index (χ1) is 25.7. The second-order valence-electron chi connectivity index (χ2n) is 10.9. The van der Waals surface area contributed by atoms with Crippen LogP contribution in [0.4, 0.5) is 37.8 Å². The molecule has 1 amide bonds. The highest BCUT2D eigenvalue weighted by molar-refractivity contribution is 7.98. The van der Waals surface area contributed by atoms with Crippen molar-refractivity contribution >= 4 is 59.1 Å². The maximum Gasteiger partial charge on any atom is 0.490 e. The number of hydrogen-bond donors (Lipinski definition) is 7. The minimum Gasteiger partial charge on any atom is -0.483 e. The van der Waals surface area contributed by atoms with Crippen LogP contribution in [-0.2, 0) is 33.2 Å². The van der Waals surface area contributed by atoms with Gasteiger partial charge in [0.1, 0.15) is 12.4 Å². The number of amides is 1. The van der Waals surface area contributed by atoms with E-state index in [0.29, 0.717) is 28.3 Å². The first kappa shape index (κ1) is 47.3. The second kappa shape index (κ2) is 23.1. The molecular formula is C34H36ClF6N7O6S. The third kappa shape index (κ3) is 17.3. The molecule has 1 heterocycles. The summed E-state index contributed by atoms with van der Waals surface area (Å²) >= 11 is 8.32. The summed E-state index contributed by atoms with van der Waals surface area (Å²) < 4.78 is 62.1. The average molecular weight is 820 g/mol. The Balaban J connectivity index is 0.000000925. The molecule has 21 heteroatoms. The molecule has 55 heavy (non-hydrogen) atoms. The number of benzene rings is 3. The van der Waals surface area contributed by atoms with Crippen LogP contribution in [0.25, 0.3) is 11.3 Å². The lowest BCUT2D eigenvalue weighted by molar-refractivity contribution is -0.192. The van der Waals surface area contributed by atoms with Gasteiger partial charge in [-0.3, -0.25) is 24.4 Å². The number of carbonyl (C=O) groups excluding carboxylic acids is 1. The number of carboxylic acid groups (broad SMARTS) is 2. The van der Waals surface area contributed by atoms with Gasteiger partial charge >= 0.3 is 18.8 Å². The Labute approximate surface area is 319 Å². The standard InChI is InChI=1S/C30H32ClN7O2S.C2HF3O2.CHF3.CH2O2/c1-18(2)36-29-30(40)38(16-25(39)35-15-19-8-10-21(11-9-19)28(33)34)26(27(31)37-29)23-14-22(32)12-13-24(23)41-17-20-6-4-3-5-7-20;3-2(4,5)1(6)7;2-1(3)4;2-1-3/h3-14,18H,15-17,32H2,1-2H3,(H3,33,34)(H,35,39)(H,36,37);(H,6,7);1H;1H,(H,2,3). The number of carboxylic acids is 1. The number of carbonyl (C=O) groups is 3. The summed E-state index contributed by atoms with van der Waals surface area (Å²) in [5.74, 6) is -2.43. The molecule has 13 nitrogen and oxygen atoms in total. The number of rotatable bonds is 11. The number of thioether (sulfide) groups is 1. The number of anilines is 2. The maximum absolute atomic E-state index is 13.7. The molecule has 0 aliphatic carbocycles. The number of aromatic nitrogens is 2. The molecule has 0 saturated heterocycles. The van der Waals surface area contributed by atoms with Crippen LogP contribution in [0.3, 0.4) is 0 Å². The zero-order valence-electron chi connectivity index (χ0n) is 28.9. The van der Waals surface area contributed by atoms with Crippen LogP contribution >= 0.6 is 23.4 Å². The topological polar surface area (TPSA) is 227 Å². The quantitative estimate of drug-likeness (QED) is 0.0220. The molecule has 1 aromatic heterocycles. The summed E-state index contributed by atoms with van der Waals surface area (Å²) in [6.45, 7) is -0.207. The van der Waals surface area contributed by atoms with Crippen LogP contribution in [0.1, 0.15) is 30.5 Å². The minimum atomic E-state index is -5.08. The van der Waals surface area contributed by atoms with Crippen molar-refractivity contribution in [3.8, 4) is 11.3 Å². The molecular weight excluding hydrogens is 784 g/mol. The van der Waals surface area contributed by atoms with E-state index in [2.05, 4.69) is 15.6 Å². The molecule has 0 atom stereocenters. The van der Waals surface area contributed by atoms with Crippen LogP contribution in [0.15, 0.2) is 82.5 Å². The molecule has 0 aliphatic rings. The third-order valence-corrected chi connectivity index (χ3v) is 7.75. The fourth-order valence-electron chi connectivity index (χ4n) is 4.11. The van der Waals surface area contributed by atoms with Crippen molar-refractivity contribution in [1.82, 2.24) is 14.9 Å². The summed E-state index contributed by atoms with van der Waals surface area (Å²) in [6, 6.07) is 22.3. The number of amidine groups is 1. The molecule has 0 bridgehead atoms. The molecule has 9 N–H and O–H groups in total. The Bertz CT molecular complexity index is 1930. The van der Waals surface area contributed by atoms with E-state index in [1.807, 2.05) is 50.2 Å². The van der Waals surface area contributed by atoms with Gasteiger partial charge in [-0.25, -0.2) is 9.78 Å². The third-order valence-electron chi connectivity index (χ3n) is 6.34. The zero-order chi connectivity index (χ0) is 41.9. The Hall–Kier alpha value is -5.76. The summed E-state index contributed by atoms with van der Waals surface area (Å²) in [5.41, 5.74) is 15.2. The molecule has 0 fully saturated rings. The molecule has 0 unspecified atom stereocenters. The van der Waals surface area contributed by atoms with Crippen molar-refractivity contribution in [3.05, 3.63) is 105 Å². The fourth-order valence-corrected chi connectivity index (χ4v) is 5.39. The molecule has 0 aliphatic heterocycles. The van der Waals surface area contributed by atoms with Crippen molar-refractivity contribution in [2.45, 2.75) is 56.5 Å². The summed E-state index contributed by atoms with van der Waals surface area (Å²) in [5, 5.41) is 27.5. The lowest BCUT2D eigenvalue weighted by atomic mass is 10.1. The lowest BCUT2D eigenvalue weighted by Gasteiger charge is -2.19. The monoisotopic (exact) mass is 819 g/mol. The highest BCUT2D eigenvalue weighted by Crippen LogP contribution is 2.37. The summed E-state index contributed by atoms with van der Waals surface area (Å²) in [4.78, 5) is 49.3. The van der Waals surface area contributed by atoms with Crippen molar-refractivity contribution < 1.29 is 50.9 Å². The van der Waals surface area contributed by atoms with Crippen molar-refractivity contribution in [1.29, 1.82) is 5.41 Å². The lowest BCUT2D eigenvalue weighted by Crippen LogP contribution is -2.35. The van der Waals surface area contributed by atoms with E-state index in [0.717, 1.165) is 16.0 Å². The largest absolute Gasteiger partial charge is 0.490 e. The van der Waals surface area contributed by atoms with Gasteiger partial charge in [0.15, 0.2) is 11.0 Å². The first-order valence-corrected chi connectivity index (χ1v) is 16.7. The zero-order valence-corrected chi connectivity index (χ0v) is 30.5. The van der Waals surface area contributed by atoms with Crippen LogP contribution in [0, 0.1) is 5.41 Å². The minimum absolute atomic E-state index is 0.0317. The molecule has 4 rings (SSSR count). The van der Waals surface area contributed by atoms with Crippen molar-refractivity contribution in [2.75, 3.05) is 11.1 Å². The van der Waals surface area contributed by atoms with Gasteiger partial charge in [-0.1, -0.05) is 66.2 Å². The van der Waals surface area contributed by atoms with Crippen LogP contribution in [0.2, 0.25) is 5.15 Å². The highest BCUT2D eigenvalue weighted by atomic mass is 35.5. The highest BCUT2D eigenvalue weighted by Gasteiger charge is 2.38. The Morgan fingerprint density at radius 2 is 1.58 bits per heavy atom. The molecule has 0 radical (unpaired) electrons. The number of nitrogens with zero attached hydrogens (tertiary/aromatic N) is 2. The van der Waals surface area contributed by atoms with E-state index < -0.39 is 24.4 Å². The number of halogens is 7. The van der Waals surface area contributed by atoms with Gasteiger partial charge in [-0.15, -0.1) is 11.8 Å².